The van der Waals surface area contributed by atoms with Crippen LogP contribution in [0.5, 0.6) is 0 Å². The van der Waals surface area contributed by atoms with E-state index in [-0.39, 0.29) is 32.8 Å². The summed E-state index contributed by atoms with van der Waals surface area (Å²) in [5.74, 6) is 0. The van der Waals surface area contributed by atoms with Crippen molar-refractivity contribution in [1.82, 2.24) is 20.4 Å². The lowest BCUT2D eigenvalue weighted by atomic mass is 9.93. The predicted molar refractivity (Wildman–Crippen MR) is 170 cm³/mol. The van der Waals surface area contributed by atoms with Gasteiger partial charge in [-0.1, -0.05) is 62.9 Å². The Kier molecular flexibility index (Phi) is 13.0. The fourth-order valence-electron chi connectivity index (χ4n) is 4.74. The largest absolute Gasteiger partial charge is 0.405 e. The maximum atomic E-state index is 13.3. The van der Waals surface area contributed by atoms with Crippen molar-refractivity contribution in [3.63, 3.8) is 0 Å². The number of hydrogen-bond donors (Lipinski definition) is 5. The second-order valence-electron chi connectivity index (χ2n) is 11.2. The third kappa shape index (κ3) is 8.38. The number of benzene rings is 1. The number of allylic oxidation sites excluding steroid dienone is 3. The van der Waals surface area contributed by atoms with Crippen molar-refractivity contribution in [2.75, 3.05) is 52.6 Å². The standard InChI is InChI=1S/C28H50N4O7P2Si/c1-7-24(5)29-16-18-31-42(25(8-2)9-3,26-14-12-11-13-15-26)32-19-17-30-41(35)38-22-28(23-39-41)20-36-40(34,37-21-28)27(6,33)10-4/h8-9,11-15,24,29,31-33H,2,7,10,16-23H2,1,3-6H3,(H,30,35). The van der Waals surface area contributed by atoms with E-state index in [4.69, 9.17) is 18.1 Å². The molecule has 0 saturated carbocycles. The minimum atomic E-state index is -3.70. The third-order valence-electron chi connectivity index (χ3n) is 8.03. The molecule has 2 saturated heterocycles. The highest BCUT2D eigenvalue weighted by Gasteiger charge is 2.54. The van der Waals surface area contributed by atoms with Crippen LogP contribution in [0.15, 0.2) is 54.3 Å². The van der Waals surface area contributed by atoms with Crippen molar-refractivity contribution in [3.8, 4) is 0 Å². The lowest BCUT2D eigenvalue weighted by Gasteiger charge is -2.45. The SMILES string of the molecule is C=CC(=CC)[Si](NCCNC(C)CC)(NCCNP1(=O)OCC2(CO1)COP(=O)(C(C)(O)CC)OC2)c1ccccc1. The topological polar surface area (TPSA) is 139 Å². The first kappa shape index (κ1) is 35.5. The fraction of sp³-hybridized carbons (Fsp3) is 0.643. The molecule has 2 fully saturated rings. The van der Waals surface area contributed by atoms with Gasteiger partial charge in [0.25, 0.3) is 8.40 Å². The van der Waals surface area contributed by atoms with E-state index in [1.807, 2.05) is 31.2 Å². The molecular formula is C28H50N4O7P2Si. The number of hydrogen-bond acceptors (Lipinski definition) is 10. The second-order valence-corrected chi connectivity index (χ2v) is 18.9. The molecule has 42 heavy (non-hydrogen) atoms. The minimum Gasteiger partial charge on any atom is -0.378 e. The summed E-state index contributed by atoms with van der Waals surface area (Å²) >= 11 is 0. The van der Waals surface area contributed by atoms with Gasteiger partial charge in [-0.05, 0) is 44.0 Å². The lowest BCUT2D eigenvalue weighted by molar-refractivity contribution is -0.0814. The Morgan fingerprint density at radius 3 is 2.14 bits per heavy atom. The normalized spacial score (nSPS) is 30.4. The van der Waals surface area contributed by atoms with E-state index < -0.39 is 34.5 Å². The van der Waals surface area contributed by atoms with Crippen LogP contribution >= 0.6 is 15.3 Å². The molecular weight excluding hydrogens is 594 g/mol. The Hall–Kier alpha value is -0.983. The van der Waals surface area contributed by atoms with Crippen LogP contribution in [0.25, 0.3) is 0 Å². The molecule has 2 aliphatic heterocycles. The van der Waals surface area contributed by atoms with Crippen molar-refractivity contribution in [3.05, 3.63) is 54.3 Å². The summed E-state index contributed by atoms with van der Waals surface area (Å²) in [5, 5.41) is 17.6. The van der Waals surface area contributed by atoms with E-state index in [1.165, 1.54) is 6.92 Å². The molecule has 238 valence electrons. The van der Waals surface area contributed by atoms with Gasteiger partial charge in [0, 0.05) is 32.2 Å². The van der Waals surface area contributed by atoms with E-state index in [2.05, 4.69) is 59.0 Å². The van der Waals surface area contributed by atoms with Crippen LogP contribution in [0.3, 0.4) is 0 Å². The van der Waals surface area contributed by atoms with Crippen LogP contribution in [0.4, 0.5) is 0 Å². The molecule has 0 radical (unpaired) electrons. The predicted octanol–water partition coefficient (Wildman–Crippen LogP) is 3.66. The van der Waals surface area contributed by atoms with Crippen molar-refractivity contribution in [1.29, 1.82) is 0 Å². The van der Waals surface area contributed by atoms with Gasteiger partial charge in [-0.3, -0.25) is 13.6 Å². The highest BCUT2D eigenvalue weighted by Crippen LogP contribution is 2.64. The number of nitrogens with one attached hydrogen (secondary N) is 4. The lowest BCUT2D eigenvalue weighted by Crippen LogP contribution is -2.73. The van der Waals surface area contributed by atoms with Gasteiger partial charge in [-0.2, -0.15) is 0 Å². The van der Waals surface area contributed by atoms with E-state index >= 15 is 0 Å². The average Bonchev–Trinajstić information content (AvgIpc) is 3.01. The van der Waals surface area contributed by atoms with Crippen LogP contribution in [0.1, 0.15) is 47.5 Å². The molecule has 0 aliphatic carbocycles. The summed E-state index contributed by atoms with van der Waals surface area (Å²) in [5.41, 5.74) is -0.751. The van der Waals surface area contributed by atoms with Gasteiger partial charge in [0.15, 0.2) is 5.34 Å². The van der Waals surface area contributed by atoms with Crippen LogP contribution in [-0.2, 0) is 27.2 Å². The smallest absolute Gasteiger partial charge is 0.378 e. The maximum absolute atomic E-state index is 13.3. The van der Waals surface area contributed by atoms with Gasteiger partial charge in [0.1, 0.15) is 0 Å². The van der Waals surface area contributed by atoms with Gasteiger partial charge in [0.05, 0.1) is 31.8 Å². The van der Waals surface area contributed by atoms with E-state index in [0.29, 0.717) is 19.1 Å². The molecule has 0 aromatic heterocycles. The molecule has 3 rings (SSSR count). The Balaban J connectivity index is 1.61. The van der Waals surface area contributed by atoms with Gasteiger partial charge in [-0.15, -0.1) is 0 Å². The van der Waals surface area contributed by atoms with Gasteiger partial charge in [-0.25, -0.2) is 9.65 Å². The Labute approximate surface area is 252 Å². The van der Waals surface area contributed by atoms with Crippen LogP contribution < -0.4 is 25.6 Å². The zero-order chi connectivity index (χ0) is 30.9. The molecule has 14 heteroatoms. The zero-order valence-electron chi connectivity index (χ0n) is 25.7. The molecule has 2 heterocycles. The second kappa shape index (κ2) is 15.3. The highest BCUT2D eigenvalue weighted by atomic mass is 31.2. The van der Waals surface area contributed by atoms with Gasteiger partial charge in [0.2, 0.25) is 0 Å². The quantitative estimate of drug-likeness (QED) is 0.0780. The van der Waals surface area contributed by atoms with Crippen molar-refractivity contribution < 1.29 is 32.3 Å². The molecule has 1 aromatic rings. The summed E-state index contributed by atoms with van der Waals surface area (Å²) in [4.78, 5) is 7.60. The van der Waals surface area contributed by atoms with E-state index in [1.54, 1.807) is 6.92 Å². The van der Waals surface area contributed by atoms with Gasteiger partial charge >= 0.3 is 15.3 Å². The molecule has 3 atom stereocenters. The van der Waals surface area contributed by atoms with Crippen LogP contribution in [0, 0.1) is 5.41 Å². The monoisotopic (exact) mass is 644 g/mol. The molecule has 1 spiro atoms. The van der Waals surface area contributed by atoms with Crippen molar-refractivity contribution in [2.24, 2.45) is 5.41 Å². The molecule has 5 N–H and O–H groups in total. The average molecular weight is 645 g/mol. The van der Waals surface area contributed by atoms with Crippen molar-refractivity contribution >= 4 is 28.9 Å². The fourth-order valence-corrected chi connectivity index (χ4v) is 11.9. The molecule has 3 unspecified atom stereocenters. The van der Waals surface area contributed by atoms with Crippen LogP contribution in [-0.4, -0.2) is 77.5 Å². The Morgan fingerprint density at radius 1 is 1.05 bits per heavy atom. The molecule has 0 amide bonds. The zero-order valence-corrected chi connectivity index (χ0v) is 28.5. The third-order valence-corrected chi connectivity index (χ3v) is 16.1. The molecule has 2 aliphatic rings. The van der Waals surface area contributed by atoms with Gasteiger partial charge < -0.3 is 29.4 Å². The Morgan fingerprint density at radius 2 is 1.62 bits per heavy atom. The molecule has 1 aromatic carbocycles. The van der Waals surface area contributed by atoms with E-state index in [9.17, 15) is 14.2 Å². The first-order chi connectivity index (χ1) is 19.9. The number of rotatable bonds is 16. The minimum absolute atomic E-state index is 0.0123. The summed E-state index contributed by atoms with van der Waals surface area (Å²) < 4.78 is 48.8. The summed E-state index contributed by atoms with van der Waals surface area (Å²) in [7, 11) is -9.93. The van der Waals surface area contributed by atoms with Crippen molar-refractivity contribution in [2.45, 2.75) is 58.8 Å². The molecule has 0 bridgehead atoms. The number of aliphatic hydroxyl groups is 1. The summed E-state index contributed by atoms with van der Waals surface area (Å²) in [6.07, 6.45) is 5.27. The highest BCUT2D eigenvalue weighted by molar-refractivity contribution is 7.55. The first-order valence-electron chi connectivity index (χ1n) is 14.8. The maximum Gasteiger partial charge on any atom is 0.405 e. The first-order valence-corrected chi connectivity index (χ1v) is 19.9. The Bertz CT molecular complexity index is 1130. The van der Waals surface area contributed by atoms with E-state index in [0.717, 1.165) is 29.9 Å². The van der Waals surface area contributed by atoms with Crippen LogP contribution in [0.2, 0.25) is 0 Å². The summed E-state index contributed by atoms with van der Waals surface area (Å²) in [6, 6.07) is 10.7. The molecule has 11 nitrogen and oxygen atoms in total. The summed E-state index contributed by atoms with van der Waals surface area (Å²) in [6.45, 7) is 16.1.